The van der Waals surface area contributed by atoms with Crippen LogP contribution in [0.25, 0.3) is 0 Å². The molecule has 14 heavy (non-hydrogen) atoms. The molecule has 0 heterocycles. The summed E-state index contributed by atoms with van der Waals surface area (Å²) in [6.45, 7) is 5.48. The molecule has 82 valence electrons. The Labute approximate surface area is 85.0 Å². The minimum absolute atomic E-state index is 0.134. The summed E-state index contributed by atoms with van der Waals surface area (Å²) >= 11 is 0. The van der Waals surface area contributed by atoms with Crippen molar-refractivity contribution in [1.82, 2.24) is 5.32 Å². The number of amides is 1. The van der Waals surface area contributed by atoms with Crippen molar-refractivity contribution in [2.45, 2.75) is 33.0 Å². The molecule has 0 aromatic heterocycles. The summed E-state index contributed by atoms with van der Waals surface area (Å²) in [6, 6.07) is 0. The van der Waals surface area contributed by atoms with Crippen molar-refractivity contribution < 1.29 is 14.3 Å². The molecule has 4 heteroatoms. The molecule has 4 nitrogen and oxygen atoms in total. The largest absolute Gasteiger partial charge is 0.351 e. The SMILES string of the molecule is CCOC(CNC(=O)C1CC1)OCC. The van der Waals surface area contributed by atoms with E-state index in [0.717, 1.165) is 12.8 Å². The van der Waals surface area contributed by atoms with Crippen LogP contribution in [-0.2, 0) is 14.3 Å². The summed E-state index contributed by atoms with van der Waals surface area (Å²) in [5.41, 5.74) is 0. The number of hydrogen-bond acceptors (Lipinski definition) is 3. The van der Waals surface area contributed by atoms with Gasteiger partial charge in [0.15, 0.2) is 6.29 Å². The fourth-order valence-corrected chi connectivity index (χ4v) is 1.21. The molecule has 0 unspecified atom stereocenters. The number of nitrogens with one attached hydrogen (secondary N) is 1. The third-order valence-electron chi connectivity index (χ3n) is 2.10. The summed E-state index contributed by atoms with van der Waals surface area (Å²) < 4.78 is 10.6. The normalized spacial score (nSPS) is 15.9. The Morgan fingerprint density at radius 1 is 1.36 bits per heavy atom. The zero-order valence-corrected chi connectivity index (χ0v) is 8.91. The topological polar surface area (TPSA) is 47.6 Å². The Morgan fingerprint density at radius 2 is 1.93 bits per heavy atom. The van der Waals surface area contributed by atoms with Crippen LogP contribution in [0.3, 0.4) is 0 Å². The first-order chi connectivity index (χ1) is 6.77. The van der Waals surface area contributed by atoms with Gasteiger partial charge in [-0.25, -0.2) is 0 Å². The quantitative estimate of drug-likeness (QED) is 0.623. The molecule has 1 amide bonds. The van der Waals surface area contributed by atoms with Crippen molar-refractivity contribution in [3.8, 4) is 0 Å². The fourth-order valence-electron chi connectivity index (χ4n) is 1.21. The monoisotopic (exact) mass is 201 g/mol. The zero-order chi connectivity index (χ0) is 10.4. The highest BCUT2D eigenvalue weighted by Crippen LogP contribution is 2.28. The van der Waals surface area contributed by atoms with E-state index < -0.39 is 0 Å². The highest BCUT2D eigenvalue weighted by Gasteiger charge is 2.29. The molecule has 1 aliphatic rings. The number of carbonyl (C=O) groups excluding carboxylic acids is 1. The molecule has 0 aromatic rings. The van der Waals surface area contributed by atoms with Gasteiger partial charge >= 0.3 is 0 Å². The molecule has 1 N–H and O–H groups in total. The van der Waals surface area contributed by atoms with Crippen LogP contribution in [0.5, 0.6) is 0 Å². The molecule has 0 spiro atoms. The van der Waals surface area contributed by atoms with E-state index in [1.807, 2.05) is 13.8 Å². The standard InChI is InChI=1S/C10H19NO3/c1-3-13-9(14-4-2)7-11-10(12)8-5-6-8/h8-9H,3-7H2,1-2H3,(H,11,12). The van der Waals surface area contributed by atoms with Gasteiger partial charge in [0.05, 0.1) is 6.54 Å². The summed E-state index contributed by atoms with van der Waals surface area (Å²) in [5, 5.41) is 2.83. The van der Waals surface area contributed by atoms with Crippen molar-refractivity contribution in [3.63, 3.8) is 0 Å². The Morgan fingerprint density at radius 3 is 2.36 bits per heavy atom. The van der Waals surface area contributed by atoms with Gasteiger partial charge in [0.2, 0.25) is 5.91 Å². The number of ether oxygens (including phenoxy) is 2. The summed E-state index contributed by atoms with van der Waals surface area (Å²) in [4.78, 5) is 11.3. The van der Waals surface area contributed by atoms with E-state index in [-0.39, 0.29) is 18.1 Å². The lowest BCUT2D eigenvalue weighted by molar-refractivity contribution is -0.141. The van der Waals surface area contributed by atoms with Gasteiger partial charge in [-0.3, -0.25) is 4.79 Å². The minimum atomic E-state index is -0.298. The second-order valence-corrected chi connectivity index (χ2v) is 3.36. The van der Waals surface area contributed by atoms with Gasteiger partial charge in [-0.15, -0.1) is 0 Å². The van der Waals surface area contributed by atoms with E-state index in [0.29, 0.717) is 19.8 Å². The van der Waals surface area contributed by atoms with Crippen LogP contribution in [0.4, 0.5) is 0 Å². The number of carbonyl (C=O) groups is 1. The van der Waals surface area contributed by atoms with Crippen LogP contribution < -0.4 is 5.32 Å². The smallest absolute Gasteiger partial charge is 0.223 e. The number of rotatable bonds is 7. The maximum absolute atomic E-state index is 11.3. The van der Waals surface area contributed by atoms with Crippen molar-refractivity contribution >= 4 is 5.91 Å². The van der Waals surface area contributed by atoms with E-state index >= 15 is 0 Å². The van der Waals surface area contributed by atoms with Crippen LogP contribution in [0, 0.1) is 5.92 Å². The Bertz CT molecular complexity index is 174. The van der Waals surface area contributed by atoms with Gasteiger partial charge < -0.3 is 14.8 Å². The lowest BCUT2D eigenvalue weighted by Gasteiger charge is -2.17. The molecular formula is C10H19NO3. The molecule has 1 aliphatic carbocycles. The fraction of sp³-hybridized carbons (Fsp3) is 0.900. The molecule has 1 saturated carbocycles. The van der Waals surface area contributed by atoms with Gasteiger partial charge in [0.1, 0.15) is 0 Å². The lowest BCUT2D eigenvalue weighted by Crippen LogP contribution is -2.36. The second kappa shape index (κ2) is 5.98. The van der Waals surface area contributed by atoms with Crippen molar-refractivity contribution in [2.24, 2.45) is 5.92 Å². The molecule has 1 rings (SSSR count). The van der Waals surface area contributed by atoms with Gasteiger partial charge in [-0.2, -0.15) is 0 Å². The average Bonchev–Trinajstić information content (AvgIpc) is 2.97. The number of hydrogen-bond donors (Lipinski definition) is 1. The minimum Gasteiger partial charge on any atom is -0.351 e. The van der Waals surface area contributed by atoms with Crippen LogP contribution in [0.15, 0.2) is 0 Å². The third kappa shape index (κ3) is 4.07. The molecule has 0 bridgehead atoms. The molecule has 0 radical (unpaired) electrons. The van der Waals surface area contributed by atoms with E-state index in [2.05, 4.69) is 5.32 Å². The summed E-state index contributed by atoms with van der Waals surface area (Å²) in [6.07, 6.45) is 1.76. The van der Waals surface area contributed by atoms with Gasteiger partial charge in [-0.05, 0) is 26.7 Å². The maximum Gasteiger partial charge on any atom is 0.223 e. The molecule has 0 saturated heterocycles. The third-order valence-corrected chi connectivity index (χ3v) is 2.10. The Hall–Kier alpha value is -0.610. The van der Waals surface area contributed by atoms with Gasteiger partial charge in [-0.1, -0.05) is 0 Å². The zero-order valence-electron chi connectivity index (χ0n) is 8.91. The van der Waals surface area contributed by atoms with Crippen molar-refractivity contribution in [2.75, 3.05) is 19.8 Å². The summed E-state index contributed by atoms with van der Waals surface area (Å²) in [5.74, 6) is 0.383. The van der Waals surface area contributed by atoms with Gasteiger partial charge in [0, 0.05) is 19.1 Å². The lowest BCUT2D eigenvalue weighted by atomic mass is 10.4. The first-order valence-corrected chi connectivity index (χ1v) is 5.28. The van der Waals surface area contributed by atoms with E-state index in [1.165, 1.54) is 0 Å². The van der Waals surface area contributed by atoms with Crippen LogP contribution >= 0.6 is 0 Å². The first-order valence-electron chi connectivity index (χ1n) is 5.28. The predicted octanol–water partition coefficient (Wildman–Crippen LogP) is 0.912. The highest BCUT2D eigenvalue weighted by atomic mass is 16.7. The molecule has 1 fully saturated rings. The van der Waals surface area contributed by atoms with Gasteiger partial charge in [0.25, 0.3) is 0 Å². The molecule has 0 atom stereocenters. The van der Waals surface area contributed by atoms with Crippen molar-refractivity contribution in [1.29, 1.82) is 0 Å². The second-order valence-electron chi connectivity index (χ2n) is 3.36. The average molecular weight is 201 g/mol. The Kier molecular flexibility index (Phi) is 4.90. The summed E-state index contributed by atoms with van der Waals surface area (Å²) in [7, 11) is 0. The molecular weight excluding hydrogens is 182 g/mol. The van der Waals surface area contributed by atoms with Crippen LogP contribution in [0.2, 0.25) is 0 Å². The Balaban J connectivity index is 2.13. The predicted molar refractivity (Wildman–Crippen MR) is 52.8 cm³/mol. The molecule has 0 aliphatic heterocycles. The molecule has 0 aromatic carbocycles. The van der Waals surface area contributed by atoms with E-state index in [9.17, 15) is 4.79 Å². The van der Waals surface area contributed by atoms with Crippen molar-refractivity contribution in [3.05, 3.63) is 0 Å². The highest BCUT2D eigenvalue weighted by molar-refractivity contribution is 5.80. The van der Waals surface area contributed by atoms with E-state index in [1.54, 1.807) is 0 Å². The van der Waals surface area contributed by atoms with Crippen LogP contribution in [-0.4, -0.2) is 32.0 Å². The maximum atomic E-state index is 11.3. The van der Waals surface area contributed by atoms with E-state index in [4.69, 9.17) is 9.47 Å². The van der Waals surface area contributed by atoms with Crippen LogP contribution in [0.1, 0.15) is 26.7 Å². The first kappa shape index (κ1) is 11.5.